The van der Waals surface area contributed by atoms with E-state index in [0.717, 1.165) is 0 Å². The molecule has 2 aromatic carbocycles. The van der Waals surface area contributed by atoms with Crippen molar-refractivity contribution in [2.45, 2.75) is 77.6 Å². The van der Waals surface area contributed by atoms with E-state index in [4.69, 9.17) is 0 Å². The van der Waals surface area contributed by atoms with Crippen molar-refractivity contribution in [2.24, 2.45) is 0 Å². The van der Waals surface area contributed by atoms with Crippen LogP contribution in [-0.2, 0) is 6.42 Å². The van der Waals surface area contributed by atoms with E-state index in [1.165, 1.54) is 116 Å². The van der Waals surface area contributed by atoms with Crippen molar-refractivity contribution in [3.63, 3.8) is 0 Å². The number of hydrogen-bond acceptors (Lipinski definition) is 3. The van der Waals surface area contributed by atoms with Crippen LogP contribution in [0.2, 0.25) is 0 Å². The van der Waals surface area contributed by atoms with Crippen molar-refractivity contribution in [3.05, 3.63) is 58.3 Å². The maximum absolute atomic E-state index is 2.52. The molecule has 0 nitrogen and oxygen atoms in total. The monoisotopic (exact) mass is 698 g/mol. The van der Waals surface area contributed by atoms with Gasteiger partial charge in [-0.25, -0.2) is 0 Å². The van der Waals surface area contributed by atoms with Gasteiger partial charge in [0.05, 0.1) is 0 Å². The Balaban J connectivity index is 1.03. The average molecular weight is 697 g/mol. The topological polar surface area (TPSA) is 0 Å². The summed E-state index contributed by atoms with van der Waals surface area (Å²) >= 11 is 7.00. The predicted molar refractivity (Wildman–Crippen MR) is 182 cm³/mol. The van der Waals surface area contributed by atoms with Gasteiger partial charge in [-0.05, 0) is 0 Å². The van der Waals surface area contributed by atoms with Crippen molar-refractivity contribution in [1.82, 2.24) is 0 Å². The predicted octanol–water partition coefficient (Wildman–Crippen LogP) is 11.9. The van der Waals surface area contributed by atoms with Crippen LogP contribution in [0.5, 0.6) is 0 Å². The first-order valence-electron chi connectivity index (χ1n) is 14.6. The Labute approximate surface area is 255 Å². The first-order valence-corrected chi connectivity index (χ1v) is 20.6. The van der Waals surface area contributed by atoms with E-state index >= 15 is 0 Å². The summed E-state index contributed by atoms with van der Waals surface area (Å²) in [5.74, 6) is 0. The summed E-state index contributed by atoms with van der Waals surface area (Å²) in [6.45, 7) is 2.30. The minimum absolute atomic E-state index is 0.413. The van der Waals surface area contributed by atoms with Gasteiger partial charge in [0.15, 0.2) is 0 Å². The number of rotatable bonds is 12. The standard InChI is InChI=1S/C34H34S3Se2/c1-2-3-4-5-6-7-8-9-10-11-12-24-13-14-27(35-24)32-19-23-18-26-29(21-31(23)39-32)37-33-25-17-22-15-16-38-30(22)20-28(25)36-34(26)33/h13-21H,2-12H2,1H3. The van der Waals surface area contributed by atoms with E-state index in [9.17, 15) is 0 Å². The molecule has 5 aromatic heterocycles. The van der Waals surface area contributed by atoms with Crippen molar-refractivity contribution >= 4 is 112 Å². The molecule has 39 heavy (non-hydrogen) atoms. The first-order chi connectivity index (χ1) is 19.3. The van der Waals surface area contributed by atoms with Crippen LogP contribution in [-0.4, -0.2) is 29.0 Å². The molecule has 0 fully saturated rings. The summed E-state index contributed by atoms with van der Waals surface area (Å²) in [5.41, 5.74) is 0. The van der Waals surface area contributed by atoms with E-state index in [2.05, 4.69) is 71.7 Å². The fourth-order valence-electron chi connectivity index (χ4n) is 5.80. The number of thiophene rings is 3. The van der Waals surface area contributed by atoms with Crippen molar-refractivity contribution in [3.8, 4) is 9.31 Å². The summed E-state index contributed by atoms with van der Waals surface area (Å²) in [4.78, 5) is 5.44. The van der Waals surface area contributed by atoms with Gasteiger partial charge in [-0.1, -0.05) is 26.2 Å². The molecule has 0 atom stereocenters. The normalized spacial score (nSPS) is 12.3. The Morgan fingerprint density at radius 1 is 0.615 bits per heavy atom. The zero-order chi connectivity index (χ0) is 26.2. The van der Waals surface area contributed by atoms with Crippen molar-refractivity contribution in [2.75, 3.05) is 0 Å². The zero-order valence-corrected chi connectivity index (χ0v) is 28.4. The number of hydrogen-bond donors (Lipinski definition) is 0. The number of fused-ring (bicyclic) bond motifs is 7. The molecule has 0 unspecified atom stereocenters. The third kappa shape index (κ3) is 5.54. The molecular formula is C34H34S3Se2. The molecule has 0 amide bonds. The van der Waals surface area contributed by atoms with E-state index in [0.29, 0.717) is 29.0 Å². The molecule has 0 N–H and O–H groups in total. The second kappa shape index (κ2) is 12.0. The molecule has 0 saturated carbocycles. The summed E-state index contributed by atoms with van der Waals surface area (Å²) in [7, 11) is 0. The van der Waals surface area contributed by atoms with Gasteiger partial charge in [0.1, 0.15) is 0 Å². The van der Waals surface area contributed by atoms with Crippen LogP contribution in [0.4, 0.5) is 0 Å². The molecule has 0 saturated heterocycles. The molecule has 0 aliphatic carbocycles. The Hall–Kier alpha value is -1.16. The van der Waals surface area contributed by atoms with Gasteiger partial charge in [0.25, 0.3) is 0 Å². The third-order valence-electron chi connectivity index (χ3n) is 7.97. The second-order valence-electron chi connectivity index (χ2n) is 10.9. The van der Waals surface area contributed by atoms with Crippen LogP contribution in [0.15, 0.2) is 53.5 Å². The Bertz CT molecular complexity index is 1870. The first kappa shape index (κ1) is 26.7. The molecule has 7 aromatic rings. The zero-order valence-electron chi connectivity index (χ0n) is 22.5. The van der Waals surface area contributed by atoms with E-state index in [1.807, 2.05) is 22.7 Å². The van der Waals surface area contributed by atoms with Gasteiger partial charge >= 0.3 is 231 Å². The number of aryl methyl sites for hydroxylation is 1. The van der Waals surface area contributed by atoms with Gasteiger partial charge in [0, 0.05) is 0 Å². The van der Waals surface area contributed by atoms with Crippen LogP contribution in [0.25, 0.3) is 58.2 Å². The summed E-state index contributed by atoms with van der Waals surface area (Å²) < 4.78 is 10.6. The maximum atomic E-state index is 2.52. The van der Waals surface area contributed by atoms with E-state index in [-0.39, 0.29) is 0 Å². The molecule has 0 bridgehead atoms. The molecule has 0 spiro atoms. The molecule has 5 heterocycles. The van der Waals surface area contributed by atoms with Crippen molar-refractivity contribution < 1.29 is 0 Å². The Morgan fingerprint density at radius 3 is 2.03 bits per heavy atom. The molecule has 0 aliphatic rings. The Morgan fingerprint density at radius 2 is 1.28 bits per heavy atom. The minimum atomic E-state index is 0.413. The van der Waals surface area contributed by atoms with Gasteiger partial charge in [0.2, 0.25) is 0 Å². The molecular weight excluding hydrogens is 662 g/mol. The van der Waals surface area contributed by atoms with Gasteiger partial charge in [-0.2, -0.15) is 0 Å². The van der Waals surface area contributed by atoms with Gasteiger partial charge < -0.3 is 0 Å². The SMILES string of the molecule is CCCCCCCCCCCCc1ccc(-c2cc3cc4c(cc3[se]2)sc2c3cc5cc[se]c5cc3sc42)s1. The van der Waals surface area contributed by atoms with Gasteiger partial charge in [-0.3, -0.25) is 0 Å². The molecule has 7 rings (SSSR count). The van der Waals surface area contributed by atoms with Crippen LogP contribution >= 0.6 is 34.0 Å². The molecule has 0 radical (unpaired) electrons. The van der Waals surface area contributed by atoms with Crippen molar-refractivity contribution in [1.29, 1.82) is 0 Å². The van der Waals surface area contributed by atoms with Crippen LogP contribution in [0.3, 0.4) is 0 Å². The van der Waals surface area contributed by atoms with Crippen LogP contribution in [0, 0.1) is 0 Å². The molecule has 0 aliphatic heterocycles. The van der Waals surface area contributed by atoms with Crippen LogP contribution < -0.4 is 0 Å². The fraction of sp³-hybridized carbons (Fsp3) is 0.353. The van der Waals surface area contributed by atoms with Crippen LogP contribution in [0.1, 0.15) is 76.0 Å². The molecule has 5 heteroatoms. The average Bonchev–Trinajstić information content (AvgIpc) is 3.75. The van der Waals surface area contributed by atoms with E-state index in [1.54, 1.807) is 17.8 Å². The Kier molecular flexibility index (Phi) is 8.21. The number of unbranched alkanes of at least 4 members (excludes halogenated alkanes) is 9. The molecule has 200 valence electrons. The summed E-state index contributed by atoms with van der Waals surface area (Å²) in [6.07, 6.45) is 15.4. The second-order valence-corrected chi connectivity index (χ2v) is 18.4. The summed E-state index contributed by atoms with van der Waals surface area (Å²) in [6, 6.07) is 19.6. The quantitative estimate of drug-likeness (QED) is 0.0881. The van der Waals surface area contributed by atoms with E-state index < -0.39 is 0 Å². The fourth-order valence-corrected chi connectivity index (χ4v) is 14.1. The van der Waals surface area contributed by atoms with Gasteiger partial charge in [-0.15, -0.1) is 0 Å². The number of benzene rings is 2. The summed E-state index contributed by atoms with van der Waals surface area (Å²) in [5, 5.41) is 5.85. The third-order valence-corrected chi connectivity index (χ3v) is 16.2.